The second-order valence-corrected chi connectivity index (χ2v) is 4.81. The number of pyridine rings is 1. The number of nitrogens with zero attached hydrogens (tertiary/aromatic N) is 3. The third kappa shape index (κ3) is 2.38. The third-order valence-corrected chi connectivity index (χ3v) is 3.17. The molecule has 0 aliphatic heterocycles. The Morgan fingerprint density at radius 2 is 2.25 bits per heavy atom. The molecular formula is C13H11F2N3O2. The van der Waals surface area contributed by atoms with Crippen molar-refractivity contribution in [2.75, 3.05) is 0 Å². The Balaban J connectivity index is 1.84. The molecule has 0 bridgehead atoms. The minimum Gasteiger partial charge on any atom is -0.481 e. The lowest BCUT2D eigenvalue weighted by Gasteiger charge is -2.01. The van der Waals surface area contributed by atoms with Crippen LogP contribution in [0.5, 0.6) is 0 Å². The SMILES string of the molecule is O=C(O)Cc1cncc(-c2ccn(C3CC3(F)F)n2)c1. The number of carbonyl (C=O) groups is 1. The van der Waals surface area contributed by atoms with Gasteiger partial charge in [0.05, 0.1) is 12.1 Å². The second-order valence-electron chi connectivity index (χ2n) is 4.81. The first kappa shape index (κ1) is 12.7. The fourth-order valence-electron chi connectivity index (χ4n) is 2.05. The number of carboxylic acid groups (broad SMARTS) is 1. The van der Waals surface area contributed by atoms with E-state index in [0.29, 0.717) is 16.8 Å². The number of alkyl halides is 2. The van der Waals surface area contributed by atoms with Gasteiger partial charge in [-0.2, -0.15) is 5.10 Å². The summed E-state index contributed by atoms with van der Waals surface area (Å²) in [5, 5.41) is 12.8. The highest BCUT2D eigenvalue weighted by molar-refractivity contribution is 5.71. The van der Waals surface area contributed by atoms with E-state index in [1.807, 2.05) is 0 Å². The minimum absolute atomic E-state index is 0.137. The Bertz CT molecular complexity index is 669. The summed E-state index contributed by atoms with van der Waals surface area (Å²) < 4.78 is 27.2. The zero-order valence-corrected chi connectivity index (χ0v) is 10.3. The number of aliphatic carboxylic acids is 1. The molecule has 3 rings (SSSR count). The van der Waals surface area contributed by atoms with Crippen molar-refractivity contribution in [3.8, 4) is 11.3 Å². The van der Waals surface area contributed by atoms with Crippen LogP contribution in [-0.2, 0) is 11.2 Å². The van der Waals surface area contributed by atoms with Crippen LogP contribution in [0.1, 0.15) is 18.0 Å². The number of rotatable bonds is 4. The molecule has 0 radical (unpaired) electrons. The Kier molecular flexibility index (Phi) is 2.77. The van der Waals surface area contributed by atoms with Crippen molar-refractivity contribution in [2.45, 2.75) is 24.8 Å². The van der Waals surface area contributed by atoms with E-state index >= 15 is 0 Å². The highest BCUT2D eigenvalue weighted by Gasteiger charge is 2.59. The summed E-state index contributed by atoms with van der Waals surface area (Å²) in [5.74, 6) is -3.63. The van der Waals surface area contributed by atoms with Crippen LogP contribution in [0.2, 0.25) is 0 Å². The van der Waals surface area contributed by atoms with Crippen LogP contribution in [0.15, 0.2) is 30.7 Å². The molecule has 1 unspecified atom stereocenters. The lowest BCUT2D eigenvalue weighted by Crippen LogP contribution is -2.03. The van der Waals surface area contributed by atoms with Crippen molar-refractivity contribution < 1.29 is 18.7 Å². The molecule has 2 aromatic rings. The highest BCUT2D eigenvalue weighted by Crippen LogP contribution is 2.52. The molecule has 104 valence electrons. The predicted octanol–water partition coefficient (Wildman–Crippen LogP) is 2.15. The van der Waals surface area contributed by atoms with Crippen LogP contribution in [0.4, 0.5) is 8.78 Å². The summed E-state index contributed by atoms with van der Waals surface area (Å²) in [7, 11) is 0. The molecule has 1 fully saturated rings. The summed E-state index contributed by atoms with van der Waals surface area (Å²) >= 11 is 0. The Morgan fingerprint density at radius 3 is 2.90 bits per heavy atom. The maximum atomic E-state index is 13.0. The van der Waals surface area contributed by atoms with E-state index in [2.05, 4.69) is 10.1 Å². The van der Waals surface area contributed by atoms with E-state index in [9.17, 15) is 13.6 Å². The van der Waals surface area contributed by atoms with Gasteiger partial charge in [0, 0.05) is 30.6 Å². The zero-order chi connectivity index (χ0) is 14.3. The van der Waals surface area contributed by atoms with Crippen LogP contribution in [0, 0.1) is 0 Å². The normalized spacial score (nSPS) is 19.8. The van der Waals surface area contributed by atoms with Gasteiger partial charge in [0.1, 0.15) is 6.04 Å². The van der Waals surface area contributed by atoms with Gasteiger partial charge in [0.2, 0.25) is 0 Å². The van der Waals surface area contributed by atoms with Gasteiger partial charge in [-0.05, 0) is 17.7 Å². The fourth-order valence-corrected chi connectivity index (χ4v) is 2.05. The van der Waals surface area contributed by atoms with E-state index in [4.69, 9.17) is 5.11 Å². The van der Waals surface area contributed by atoms with Crippen molar-refractivity contribution in [3.63, 3.8) is 0 Å². The van der Waals surface area contributed by atoms with E-state index in [0.717, 1.165) is 0 Å². The topological polar surface area (TPSA) is 68.0 Å². The number of hydrogen-bond acceptors (Lipinski definition) is 3. The molecule has 0 spiro atoms. The second kappa shape index (κ2) is 4.36. The predicted molar refractivity (Wildman–Crippen MR) is 65.4 cm³/mol. The number of aromatic nitrogens is 3. The number of halogens is 2. The van der Waals surface area contributed by atoms with Gasteiger partial charge in [-0.3, -0.25) is 14.5 Å². The maximum Gasteiger partial charge on any atom is 0.307 e. The van der Waals surface area contributed by atoms with Crippen molar-refractivity contribution >= 4 is 5.97 Å². The van der Waals surface area contributed by atoms with E-state index in [1.54, 1.807) is 12.1 Å². The molecule has 20 heavy (non-hydrogen) atoms. The Hall–Kier alpha value is -2.31. The molecule has 2 heterocycles. The van der Waals surface area contributed by atoms with Gasteiger partial charge in [-0.25, -0.2) is 8.78 Å². The van der Waals surface area contributed by atoms with Crippen LogP contribution in [0.25, 0.3) is 11.3 Å². The zero-order valence-electron chi connectivity index (χ0n) is 10.3. The third-order valence-electron chi connectivity index (χ3n) is 3.17. The molecule has 2 aromatic heterocycles. The van der Waals surface area contributed by atoms with Crippen molar-refractivity contribution in [1.29, 1.82) is 0 Å². The summed E-state index contributed by atoms with van der Waals surface area (Å²) in [4.78, 5) is 14.6. The first-order valence-corrected chi connectivity index (χ1v) is 6.05. The van der Waals surface area contributed by atoms with Crippen LogP contribution in [-0.4, -0.2) is 31.8 Å². The summed E-state index contributed by atoms with van der Waals surface area (Å²) in [5.41, 5.74) is 1.67. The molecule has 0 saturated heterocycles. The molecule has 1 N–H and O–H groups in total. The van der Waals surface area contributed by atoms with Gasteiger partial charge in [-0.15, -0.1) is 0 Å². The Morgan fingerprint density at radius 1 is 1.50 bits per heavy atom. The number of carboxylic acids is 1. The lowest BCUT2D eigenvalue weighted by molar-refractivity contribution is -0.136. The molecule has 0 aromatic carbocycles. The molecule has 1 atom stereocenters. The molecule has 7 heteroatoms. The molecule has 5 nitrogen and oxygen atoms in total. The monoisotopic (exact) mass is 279 g/mol. The molecule has 1 aliphatic carbocycles. The van der Waals surface area contributed by atoms with Gasteiger partial charge < -0.3 is 5.11 Å². The van der Waals surface area contributed by atoms with E-state index < -0.39 is 17.9 Å². The average Bonchev–Trinajstić information content (AvgIpc) is 2.83. The van der Waals surface area contributed by atoms with Crippen molar-refractivity contribution in [1.82, 2.24) is 14.8 Å². The van der Waals surface area contributed by atoms with Crippen molar-refractivity contribution in [2.24, 2.45) is 0 Å². The Labute approximate surface area is 112 Å². The average molecular weight is 279 g/mol. The quantitative estimate of drug-likeness (QED) is 0.931. The van der Waals surface area contributed by atoms with Crippen LogP contribution >= 0.6 is 0 Å². The molecule has 1 aliphatic rings. The maximum absolute atomic E-state index is 13.0. The molecule has 0 amide bonds. The fraction of sp³-hybridized carbons (Fsp3) is 0.308. The van der Waals surface area contributed by atoms with Gasteiger partial charge >= 0.3 is 5.97 Å². The standard InChI is InChI=1S/C13H11F2N3O2/c14-13(15)5-11(13)18-2-1-10(17-18)9-3-8(4-12(19)20)6-16-7-9/h1-3,6-7,11H,4-5H2,(H,19,20). The molecule has 1 saturated carbocycles. The smallest absolute Gasteiger partial charge is 0.307 e. The highest BCUT2D eigenvalue weighted by atomic mass is 19.3. The van der Waals surface area contributed by atoms with Gasteiger partial charge in [-0.1, -0.05) is 0 Å². The first-order chi connectivity index (χ1) is 9.45. The minimum atomic E-state index is -2.67. The summed E-state index contributed by atoms with van der Waals surface area (Å²) in [6, 6.07) is 2.40. The van der Waals surface area contributed by atoms with E-state index in [1.165, 1.54) is 23.3 Å². The van der Waals surface area contributed by atoms with Gasteiger partial charge in [0.25, 0.3) is 5.92 Å². The van der Waals surface area contributed by atoms with E-state index in [-0.39, 0.29) is 12.8 Å². The van der Waals surface area contributed by atoms with Crippen molar-refractivity contribution in [3.05, 3.63) is 36.3 Å². The summed E-state index contributed by atoms with van der Waals surface area (Å²) in [6.45, 7) is 0. The molecular weight excluding hydrogens is 268 g/mol. The largest absolute Gasteiger partial charge is 0.481 e. The number of hydrogen-bond donors (Lipinski definition) is 1. The van der Waals surface area contributed by atoms with Crippen LogP contribution in [0.3, 0.4) is 0 Å². The lowest BCUT2D eigenvalue weighted by atomic mass is 10.1. The van der Waals surface area contributed by atoms with Gasteiger partial charge in [0.15, 0.2) is 0 Å². The van der Waals surface area contributed by atoms with Crippen LogP contribution < -0.4 is 0 Å². The summed E-state index contributed by atoms with van der Waals surface area (Å²) in [6.07, 6.45) is 4.17. The first-order valence-electron chi connectivity index (χ1n) is 6.05.